The average Bonchev–Trinajstić information content (AvgIpc) is 3.09. The molecule has 1 aromatic heterocycles. The molecule has 0 bridgehead atoms. The minimum Gasteiger partial charge on any atom is -0.455 e. The summed E-state index contributed by atoms with van der Waals surface area (Å²) in [6, 6.07) is 12.8. The van der Waals surface area contributed by atoms with E-state index < -0.39 is 17.7 Å². The third-order valence-corrected chi connectivity index (χ3v) is 5.61. The van der Waals surface area contributed by atoms with Crippen LogP contribution in [0.15, 0.2) is 48.5 Å². The van der Waals surface area contributed by atoms with E-state index >= 15 is 0 Å². The van der Waals surface area contributed by atoms with Crippen molar-refractivity contribution >= 4 is 28.9 Å². The third kappa shape index (κ3) is 5.40. The lowest BCUT2D eigenvalue weighted by Crippen LogP contribution is -2.06. The number of aromatic nitrogens is 1. The largest absolute Gasteiger partial charge is 0.455 e. The summed E-state index contributed by atoms with van der Waals surface area (Å²) in [5.74, 6) is -0.378. The molecular weight excluding hydrogens is 435 g/mol. The van der Waals surface area contributed by atoms with Gasteiger partial charge >= 0.3 is 12.1 Å². The first-order valence-electron chi connectivity index (χ1n) is 9.23. The maximum Gasteiger partial charge on any atom is 0.417 e. The van der Waals surface area contributed by atoms with Crippen molar-refractivity contribution in [3.63, 3.8) is 0 Å². The van der Waals surface area contributed by atoms with Crippen LogP contribution in [0.1, 0.15) is 39.7 Å². The molecular formula is C22H19ClF3NO2S. The Morgan fingerprint density at radius 3 is 2.50 bits per heavy atom. The molecule has 8 heteroatoms. The molecule has 0 amide bonds. The average molecular weight is 454 g/mol. The maximum absolute atomic E-state index is 13.3. The van der Waals surface area contributed by atoms with Crippen LogP contribution < -0.4 is 0 Å². The first-order valence-corrected chi connectivity index (χ1v) is 10.4. The normalized spacial score (nSPS) is 11.7. The number of nitrogens with zero attached hydrogens (tertiary/aromatic N) is 1. The van der Waals surface area contributed by atoms with Crippen molar-refractivity contribution in [3.05, 3.63) is 74.6 Å². The highest BCUT2D eigenvalue weighted by molar-refractivity contribution is 7.14. The lowest BCUT2D eigenvalue weighted by Gasteiger charge is -2.11. The second-order valence-corrected chi connectivity index (χ2v) is 8.63. The standard InChI is InChI=1S/C22H19ClF3NO2S/c1-13(2)10-18-19(15-8-9-17(23)16(11-15)22(24,25)26)27-20(30-18)21(28)29-12-14-6-4-3-5-7-14/h3-9,11,13H,10,12H2,1-2H3. The number of rotatable bonds is 6. The van der Waals surface area contributed by atoms with E-state index in [0.29, 0.717) is 12.1 Å². The number of benzene rings is 2. The topological polar surface area (TPSA) is 39.2 Å². The van der Waals surface area contributed by atoms with Crippen LogP contribution >= 0.6 is 22.9 Å². The molecule has 0 aliphatic rings. The molecule has 3 rings (SSSR count). The van der Waals surface area contributed by atoms with Gasteiger partial charge in [0.15, 0.2) is 0 Å². The van der Waals surface area contributed by atoms with E-state index in [9.17, 15) is 18.0 Å². The fourth-order valence-corrected chi connectivity index (χ4v) is 4.26. The Labute approximate surface area is 181 Å². The molecule has 0 atom stereocenters. The van der Waals surface area contributed by atoms with Crippen LogP contribution in [-0.2, 0) is 23.9 Å². The van der Waals surface area contributed by atoms with Crippen molar-refractivity contribution in [1.82, 2.24) is 4.98 Å². The van der Waals surface area contributed by atoms with Gasteiger partial charge in [-0.1, -0.05) is 61.8 Å². The van der Waals surface area contributed by atoms with Gasteiger partial charge in [-0.3, -0.25) is 0 Å². The maximum atomic E-state index is 13.3. The Balaban J connectivity index is 1.93. The molecule has 30 heavy (non-hydrogen) atoms. The van der Waals surface area contributed by atoms with Crippen LogP contribution in [-0.4, -0.2) is 11.0 Å². The predicted molar refractivity (Wildman–Crippen MR) is 112 cm³/mol. The van der Waals surface area contributed by atoms with Crippen molar-refractivity contribution in [2.24, 2.45) is 5.92 Å². The van der Waals surface area contributed by atoms with E-state index in [0.717, 1.165) is 27.8 Å². The highest BCUT2D eigenvalue weighted by Crippen LogP contribution is 2.39. The number of hydrogen-bond acceptors (Lipinski definition) is 4. The molecule has 0 spiro atoms. The summed E-state index contributed by atoms with van der Waals surface area (Å²) >= 11 is 6.88. The molecule has 2 aromatic carbocycles. The zero-order chi connectivity index (χ0) is 21.9. The minimum atomic E-state index is -4.58. The monoisotopic (exact) mass is 453 g/mol. The van der Waals surface area contributed by atoms with Crippen LogP contribution in [0.3, 0.4) is 0 Å². The van der Waals surface area contributed by atoms with Gasteiger partial charge in [0.25, 0.3) is 0 Å². The number of ether oxygens (including phenoxy) is 1. The molecule has 1 heterocycles. The second kappa shape index (κ2) is 9.18. The fourth-order valence-electron chi connectivity index (χ4n) is 2.85. The molecule has 0 unspecified atom stereocenters. The summed E-state index contributed by atoms with van der Waals surface area (Å²) < 4.78 is 45.1. The van der Waals surface area contributed by atoms with Gasteiger partial charge in [0.1, 0.15) is 6.61 Å². The van der Waals surface area contributed by atoms with Gasteiger partial charge in [0.2, 0.25) is 5.01 Å². The molecule has 158 valence electrons. The molecule has 0 radical (unpaired) electrons. The number of carbonyl (C=O) groups excluding carboxylic acids is 1. The second-order valence-electron chi connectivity index (χ2n) is 7.14. The summed E-state index contributed by atoms with van der Waals surface area (Å²) in [6.45, 7) is 4.06. The summed E-state index contributed by atoms with van der Waals surface area (Å²) in [5, 5.41) is -0.269. The van der Waals surface area contributed by atoms with Crippen molar-refractivity contribution < 1.29 is 22.7 Å². The fraction of sp³-hybridized carbons (Fsp3) is 0.273. The predicted octanol–water partition coefficient (Wildman–Crippen LogP) is 7.04. The van der Waals surface area contributed by atoms with Crippen LogP contribution in [0, 0.1) is 5.92 Å². The first-order chi connectivity index (χ1) is 14.1. The van der Waals surface area contributed by atoms with E-state index in [-0.39, 0.29) is 28.1 Å². The Kier molecular flexibility index (Phi) is 6.83. The first kappa shape index (κ1) is 22.3. The van der Waals surface area contributed by atoms with Gasteiger partial charge in [-0.05, 0) is 30.0 Å². The summed E-state index contributed by atoms with van der Waals surface area (Å²) in [4.78, 5) is 17.6. The highest BCUT2D eigenvalue weighted by Gasteiger charge is 2.34. The van der Waals surface area contributed by atoms with E-state index in [1.165, 1.54) is 12.1 Å². The van der Waals surface area contributed by atoms with Gasteiger partial charge in [-0.15, -0.1) is 11.3 Å². The smallest absolute Gasteiger partial charge is 0.417 e. The molecule has 0 fully saturated rings. The van der Waals surface area contributed by atoms with Crippen molar-refractivity contribution in [1.29, 1.82) is 0 Å². The lowest BCUT2D eigenvalue weighted by atomic mass is 10.0. The Hall–Kier alpha value is -2.38. The van der Waals surface area contributed by atoms with E-state index in [1.807, 2.05) is 44.2 Å². The molecule has 0 aliphatic carbocycles. The van der Waals surface area contributed by atoms with Crippen LogP contribution in [0.4, 0.5) is 13.2 Å². The number of halogens is 4. The highest BCUT2D eigenvalue weighted by atomic mass is 35.5. The number of esters is 1. The Morgan fingerprint density at radius 1 is 1.17 bits per heavy atom. The van der Waals surface area contributed by atoms with E-state index in [1.54, 1.807) is 0 Å². The number of carbonyl (C=O) groups is 1. The zero-order valence-corrected chi connectivity index (χ0v) is 17.9. The number of hydrogen-bond donors (Lipinski definition) is 0. The lowest BCUT2D eigenvalue weighted by molar-refractivity contribution is -0.137. The summed E-state index contributed by atoms with van der Waals surface area (Å²) in [7, 11) is 0. The van der Waals surface area contributed by atoms with Crippen molar-refractivity contribution in [2.45, 2.75) is 33.1 Å². The van der Waals surface area contributed by atoms with Gasteiger partial charge < -0.3 is 4.74 Å². The quantitative estimate of drug-likeness (QED) is 0.376. The SMILES string of the molecule is CC(C)Cc1sc(C(=O)OCc2ccccc2)nc1-c1ccc(Cl)c(C(F)(F)F)c1. The van der Waals surface area contributed by atoms with Crippen LogP contribution in [0.5, 0.6) is 0 Å². The van der Waals surface area contributed by atoms with Gasteiger partial charge in [-0.2, -0.15) is 13.2 Å². The number of alkyl halides is 3. The molecule has 0 aliphatic heterocycles. The number of thiazole rings is 1. The third-order valence-electron chi connectivity index (χ3n) is 4.22. The van der Waals surface area contributed by atoms with Gasteiger partial charge in [0.05, 0.1) is 16.3 Å². The summed E-state index contributed by atoms with van der Waals surface area (Å²) in [5.41, 5.74) is 0.513. The minimum absolute atomic E-state index is 0.0905. The molecule has 0 saturated heterocycles. The molecule has 0 saturated carbocycles. The Bertz CT molecular complexity index is 1030. The van der Waals surface area contributed by atoms with Crippen LogP contribution in [0.2, 0.25) is 5.02 Å². The van der Waals surface area contributed by atoms with Crippen molar-refractivity contribution in [3.8, 4) is 11.3 Å². The molecule has 3 aromatic rings. The zero-order valence-electron chi connectivity index (χ0n) is 16.3. The van der Waals surface area contributed by atoms with Crippen molar-refractivity contribution in [2.75, 3.05) is 0 Å². The van der Waals surface area contributed by atoms with Gasteiger partial charge in [-0.25, -0.2) is 9.78 Å². The molecule has 3 nitrogen and oxygen atoms in total. The molecule has 0 N–H and O–H groups in total. The van der Waals surface area contributed by atoms with E-state index in [2.05, 4.69) is 4.98 Å². The summed E-state index contributed by atoms with van der Waals surface area (Å²) in [6.07, 6.45) is -4.01. The Morgan fingerprint density at radius 2 is 1.87 bits per heavy atom. The van der Waals surface area contributed by atoms with Crippen LogP contribution in [0.25, 0.3) is 11.3 Å². The van der Waals surface area contributed by atoms with E-state index in [4.69, 9.17) is 16.3 Å². The van der Waals surface area contributed by atoms with Gasteiger partial charge in [0, 0.05) is 10.4 Å².